The average molecular weight is 481 g/mol. The molecule has 1 aliphatic heterocycles. The van der Waals surface area contributed by atoms with Crippen LogP contribution in [0.25, 0.3) is 0 Å². The number of nitrogens with one attached hydrogen (secondary N) is 1. The maximum atomic E-state index is 5.94. The molecule has 2 heterocycles. The van der Waals surface area contributed by atoms with E-state index in [4.69, 9.17) is 14.5 Å². The minimum absolute atomic E-state index is 0. The SMILES string of the molecule is CCNC(=NCc1sccc1C)N1CCC(OCCCOC)CC1.I. The lowest BCUT2D eigenvalue weighted by Crippen LogP contribution is -2.47. The lowest BCUT2D eigenvalue weighted by atomic mass is 10.1. The molecular formula is C18H32IN3O2S. The highest BCUT2D eigenvalue weighted by atomic mass is 127. The van der Waals surface area contributed by atoms with E-state index in [-0.39, 0.29) is 24.0 Å². The molecule has 25 heavy (non-hydrogen) atoms. The zero-order chi connectivity index (χ0) is 17.2. The Morgan fingerprint density at radius 3 is 2.72 bits per heavy atom. The van der Waals surface area contributed by atoms with Crippen molar-refractivity contribution in [2.75, 3.05) is 40.0 Å². The first-order valence-corrected chi connectivity index (χ1v) is 9.79. The number of aryl methyl sites for hydroxylation is 1. The van der Waals surface area contributed by atoms with E-state index in [0.717, 1.165) is 64.6 Å². The smallest absolute Gasteiger partial charge is 0.194 e. The summed E-state index contributed by atoms with van der Waals surface area (Å²) >= 11 is 1.79. The normalized spacial score (nSPS) is 16.0. The monoisotopic (exact) mass is 481 g/mol. The number of nitrogens with zero attached hydrogens (tertiary/aromatic N) is 2. The van der Waals surface area contributed by atoms with Crippen LogP contribution in [0, 0.1) is 6.92 Å². The van der Waals surface area contributed by atoms with E-state index in [1.165, 1.54) is 10.4 Å². The highest BCUT2D eigenvalue weighted by molar-refractivity contribution is 14.0. The van der Waals surface area contributed by atoms with Gasteiger partial charge in [0.15, 0.2) is 5.96 Å². The molecule has 0 aromatic carbocycles. The number of likely N-dealkylation sites (tertiary alicyclic amines) is 1. The van der Waals surface area contributed by atoms with Gasteiger partial charge in [0, 0.05) is 44.8 Å². The third-order valence-electron chi connectivity index (χ3n) is 4.26. The van der Waals surface area contributed by atoms with E-state index < -0.39 is 0 Å². The molecular weight excluding hydrogens is 449 g/mol. The summed E-state index contributed by atoms with van der Waals surface area (Å²) in [5.74, 6) is 1.03. The van der Waals surface area contributed by atoms with Crippen LogP contribution in [0.4, 0.5) is 0 Å². The highest BCUT2D eigenvalue weighted by Gasteiger charge is 2.21. The molecule has 0 saturated carbocycles. The van der Waals surface area contributed by atoms with Crippen LogP contribution in [0.1, 0.15) is 36.6 Å². The summed E-state index contributed by atoms with van der Waals surface area (Å²) in [7, 11) is 1.73. The molecule has 144 valence electrons. The molecule has 1 aromatic rings. The Morgan fingerprint density at radius 1 is 1.36 bits per heavy atom. The van der Waals surface area contributed by atoms with E-state index >= 15 is 0 Å². The van der Waals surface area contributed by atoms with Crippen LogP contribution in [-0.4, -0.2) is 56.9 Å². The first-order chi connectivity index (χ1) is 11.7. The number of piperidine rings is 1. The molecule has 0 aliphatic carbocycles. The molecule has 1 aromatic heterocycles. The lowest BCUT2D eigenvalue weighted by Gasteiger charge is -2.34. The molecule has 5 nitrogen and oxygen atoms in total. The molecule has 0 bridgehead atoms. The summed E-state index contributed by atoms with van der Waals surface area (Å²) in [6.07, 6.45) is 3.48. The van der Waals surface area contributed by atoms with Gasteiger partial charge in [0.25, 0.3) is 0 Å². The van der Waals surface area contributed by atoms with Crippen LogP contribution in [0.3, 0.4) is 0 Å². The molecule has 1 fully saturated rings. The van der Waals surface area contributed by atoms with Gasteiger partial charge in [-0.05, 0) is 50.1 Å². The van der Waals surface area contributed by atoms with Crippen molar-refractivity contribution >= 4 is 41.3 Å². The van der Waals surface area contributed by atoms with E-state index in [9.17, 15) is 0 Å². The minimum atomic E-state index is 0. The fourth-order valence-corrected chi connectivity index (χ4v) is 3.66. The molecule has 0 amide bonds. The van der Waals surface area contributed by atoms with E-state index in [0.29, 0.717) is 6.10 Å². The van der Waals surface area contributed by atoms with Crippen molar-refractivity contribution in [3.63, 3.8) is 0 Å². The standard InChI is InChI=1S/C18H31N3O2S.HI/c1-4-19-18(20-14-17-15(2)8-13-24-17)21-9-6-16(7-10-21)23-12-5-11-22-3;/h8,13,16H,4-7,9-12,14H2,1-3H3,(H,19,20);1H. The van der Waals surface area contributed by atoms with Crippen LogP contribution < -0.4 is 5.32 Å². The van der Waals surface area contributed by atoms with E-state index in [1.54, 1.807) is 18.4 Å². The highest BCUT2D eigenvalue weighted by Crippen LogP contribution is 2.18. The average Bonchev–Trinajstić information content (AvgIpc) is 3.01. The number of rotatable bonds is 8. The van der Waals surface area contributed by atoms with Crippen LogP contribution in [-0.2, 0) is 16.0 Å². The van der Waals surface area contributed by atoms with Crippen molar-refractivity contribution < 1.29 is 9.47 Å². The molecule has 0 spiro atoms. The third kappa shape index (κ3) is 7.80. The molecule has 1 aliphatic rings. The van der Waals surface area contributed by atoms with Crippen molar-refractivity contribution in [3.8, 4) is 0 Å². The van der Waals surface area contributed by atoms with Crippen molar-refractivity contribution in [2.24, 2.45) is 4.99 Å². The Bertz CT molecular complexity index is 502. The van der Waals surface area contributed by atoms with Gasteiger partial charge >= 0.3 is 0 Å². The van der Waals surface area contributed by atoms with Gasteiger partial charge in [0.2, 0.25) is 0 Å². The van der Waals surface area contributed by atoms with Crippen LogP contribution in [0.2, 0.25) is 0 Å². The molecule has 0 radical (unpaired) electrons. The number of guanidine groups is 1. The second-order valence-corrected chi connectivity index (χ2v) is 7.10. The maximum absolute atomic E-state index is 5.94. The van der Waals surface area contributed by atoms with Gasteiger partial charge in [0.05, 0.1) is 12.6 Å². The topological polar surface area (TPSA) is 46.1 Å². The Hall–Kier alpha value is -0.380. The minimum Gasteiger partial charge on any atom is -0.385 e. The van der Waals surface area contributed by atoms with Crippen molar-refractivity contribution in [1.29, 1.82) is 0 Å². The van der Waals surface area contributed by atoms with Gasteiger partial charge in [-0.1, -0.05) is 0 Å². The summed E-state index contributed by atoms with van der Waals surface area (Å²) in [6, 6.07) is 2.16. The van der Waals surface area contributed by atoms with Crippen molar-refractivity contribution in [3.05, 3.63) is 21.9 Å². The lowest BCUT2D eigenvalue weighted by molar-refractivity contribution is 0.00990. The Balaban J connectivity index is 0.00000312. The summed E-state index contributed by atoms with van der Waals surface area (Å²) < 4.78 is 11.0. The van der Waals surface area contributed by atoms with Crippen LogP contribution in [0.5, 0.6) is 0 Å². The molecule has 7 heteroatoms. The first kappa shape index (κ1) is 22.7. The zero-order valence-corrected chi connectivity index (χ0v) is 18.8. The fourth-order valence-electron chi connectivity index (χ4n) is 2.83. The molecule has 1 N–H and O–H groups in total. The maximum Gasteiger partial charge on any atom is 0.194 e. The van der Waals surface area contributed by atoms with E-state index in [1.807, 2.05) is 0 Å². The largest absolute Gasteiger partial charge is 0.385 e. The van der Waals surface area contributed by atoms with Gasteiger partial charge in [0.1, 0.15) is 0 Å². The fraction of sp³-hybridized carbons (Fsp3) is 0.722. The summed E-state index contributed by atoms with van der Waals surface area (Å²) in [5.41, 5.74) is 1.34. The predicted octanol–water partition coefficient (Wildman–Crippen LogP) is 3.66. The van der Waals surface area contributed by atoms with Gasteiger partial charge in [-0.25, -0.2) is 4.99 Å². The molecule has 0 unspecified atom stereocenters. The molecule has 2 rings (SSSR count). The van der Waals surface area contributed by atoms with Gasteiger partial charge in [-0.3, -0.25) is 0 Å². The second kappa shape index (κ2) is 12.9. The molecule has 1 saturated heterocycles. The Kier molecular flexibility index (Phi) is 11.7. The van der Waals surface area contributed by atoms with Crippen LogP contribution in [0.15, 0.2) is 16.4 Å². The number of halogens is 1. The van der Waals surface area contributed by atoms with Gasteiger partial charge in [-0.2, -0.15) is 0 Å². The predicted molar refractivity (Wildman–Crippen MR) is 116 cm³/mol. The van der Waals surface area contributed by atoms with Gasteiger partial charge in [-0.15, -0.1) is 35.3 Å². The summed E-state index contributed by atoms with van der Waals surface area (Å²) in [5, 5.41) is 5.57. The number of methoxy groups -OCH3 is 1. The summed E-state index contributed by atoms with van der Waals surface area (Å²) in [6.45, 7) is 9.52. The number of aliphatic imine (C=N–C) groups is 1. The van der Waals surface area contributed by atoms with Crippen LogP contribution >= 0.6 is 35.3 Å². The number of ether oxygens (including phenoxy) is 2. The Morgan fingerprint density at radius 2 is 2.12 bits per heavy atom. The number of hydrogen-bond donors (Lipinski definition) is 1. The quantitative estimate of drug-likeness (QED) is 0.267. The van der Waals surface area contributed by atoms with Crippen molar-refractivity contribution in [1.82, 2.24) is 10.2 Å². The van der Waals surface area contributed by atoms with Gasteiger partial charge < -0.3 is 19.7 Å². The molecule has 0 atom stereocenters. The second-order valence-electron chi connectivity index (χ2n) is 6.10. The third-order valence-corrected chi connectivity index (χ3v) is 5.27. The summed E-state index contributed by atoms with van der Waals surface area (Å²) in [4.78, 5) is 8.55. The first-order valence-electron chi connectivity index (χ1n) is 8.91. The Labute approximate surface area is 173 Å². The van der Waals surface area contributed by atoms with Crippen molar-refractivity contribution in [2.45, 2.75) is 45.8 Å². The zero-order valence-electron chi connectivity index (χ0n) is 15.6. The number of hydrogen-bond acceptors (Lipinski definition) is 4. The number of thiophene rings is 1. The van der Waals surface area contributed by atoms with E-state index in [2.05, 4.69) is 35.5 Å².